The van der Waals surface area contributed by atoms with Gasteiger partial charge in [0.05, 0.1) is 18.7 Å². The van der Waals surface area contributed by atoms with E-state index in [0.29, 0.717) is 29.2 Å². The molecule has 0 spiro atoms. The van der Waals surface area contributed by atoms with E-state index in [4.69, 9.17) is 9.47 Å². The highest BCUT2D eigenvalue weighted by molar-refractivity contribution is 6.46. The molecule has 0 saturated carbocycles. The number of amides is 1. The molecule has 8 nitrogen and oxygen atoms in total. The number of hydrogen-bond donors (Lipinski definition) is 1. The van der Waals surface area contributed by atoms with Crippen molar-refractivity contribution in [2.75, 3.05) is 7.11 Å². The van der Waals surface area contributed by atoms with E-state index in [1.807, 2.05) is 36.4 Å². The van der Waals surface area contributed by atoms with Gasteiger partial charge in [0, 0.05) is 36.9 Å². The Kier molecular flexibility index (Phi) is 7.13. The molecule has 1 fully saturated rings. The van der Waals surface area contributed by atoms with Crippen molar-refractivity contribution in [3.05, 3.63) is 125 Å². The lowest BCUT2D eigenvalue weighted by Gasteiger charge is -2.26. The van der Waals surface area contributed by atoms with Gasteiger partial charge in [-0.25, -0.2) is 0 Å². The number of methoxy groups -OCH3 is 1. The molecule has 1 unspecified atom stereocenters. The fraction of sp³-hybridized carbons (Fsp3) is 0.133. The Morgan fingerprint density at radius 2 is 1.66 bits per heavy atom. The van der Waals surface area contributed by atoms with Gasteiger partial charge in [-0.3, -0.25) is 19.6 Å². The van der Waals surface area contributed by atoms with Gasteiger partial charge in [-0.2, -0.15) is 0 Å². The van der Waals surface area contributed by atoms with E-state index in [1.165, 1.54) is 24.4 Å². The molecular formula is C30H25N3O5. The van der Waals surface area contributed by atoms with Crippen LogP contribution in [0.15, 0.2) is 103 Å². The maximum atomic E-state index is 13.3. The lowest BCUT2D eigenvalue weighted by Crippen LogP contribution is -2.29. The summed E-state index contributed by atoms with van der Waals surface area (Å²) in [7, 11) is 1.53. The summed E-state index contributed by atoms with van der Waals surface area (Å²) in [4.78, 5) is 36.1. The van der Waals surface area contributed by atoms with E-state index in [0.717, 1.165) is 11.1 Å². The van der Waals surface area contributed by atoms with Gasteiger partial charge in [0.2, 0.25) is 0 Å². The zero-order chi connectivity index (χ0) is 26.5. The summed E-state index contributed by atoms with van der Waals surface area (Å²) in [6.45, 7) is 0.475. The van der Waals surface area contributed by atoms with Gasteiger partial charge in [-0.15, -0.1) is 0 Å². The van der Waals surface area contributed by atoms with Crippen LogP contribution >= 0.6 is 0 Å². The van der Waals surface area contributed by atoms with Crippen LogP contribution in [0.2, 0.25) is 0 Å². The summed E-state index contributed by atoms with van der Waals surface area (Å²) in [5.41, 5.74) is 2.72. The number of carbonyl (C=O) groups excluding carboxylic acids is 2. The van der Waals surface area contributed by atoms with Crippen molar-refractivity contribution in [1.29, 1.82) is 0 Å². The van der Waals surface area contributed by atoms with Gasteiger partial charge >= 0.3 is 0 Å². The molecule has 0 aliphatic carbocycles. The number of nitrogens with zero attached hydrogens (tertiary/aromatic N) is 3. The Hall–Kier alpha value is -4.98. The largest absolute Gasteiger partial charge is 0.507 e. The second kappa shape index (κ2) is 11.0. The number of Topliss-reactive ketones (excluding diaryl/α,β-unsaturated/α-hetero) is 1. The van der Waals surface area contributed by atoms with Crippen LogP contribution < -0.4 is 9.47 Å². The standard InChI is InChI=1S/C30H25N3O5/c1-37-25-16-23(9-10-24(25)38-19-20-6-3-2-4-7-20)27-26(28(34)22-11-14-31-15-12-22)29(35)30(36)33(27)18-21-8-5-13-32-17-21/h2-17,27,34H,18-19H2,1H3/b28-26+. The minimum Gasteiger partial charge on any atom is -0.507 e. The minimum atomic E-state index is -0.861. The van der Waals surface area contributed by atoms with Crippen LogP contribution in [0, 0.1) is 0 Å². The number of aliphatic hydroxyl groups excluding tert-OH is 1. The van der Waals surface area contributed by atoms with Gasteiger partial charge in [0.25, 0.3) is 11.7 Å². The predicted molar refractivity (Wildman–Crippen MR) is 140 cm³/mol. The third-order valence-corrected chi connectivity index (χ3v) is 6.31. The molecule has 190 valence electrons. The third-order valence-electron chi connectivity index (χ3n) is 6.31. The maximum Gasteiger partial charge on any atom is 0.295 e. The van der Waals surface area contributed by atoms with Crippen LogP contribution in [0.5, 0.6) is 11.5 Å². The topological polar surface area (TPSA) is 102 Å². The first kappa shape index (κ1) is 24.7. The number of aromatic nitrogens is 2. The van der Waals surface area contributed by atoms with E-state index in [1.54, 1.807) is 48.8 Å². The predicted octanol–water partition coefficient (Wildman–Crippen LogP) is 4.69. The molecule has 2 aromatic heterocycles. The quantitative estimate of drug-likeness (QED) is 0.210. The zero-order valence-electron chi connectivity index (χ0n) is 20.7. The summed E-state index contributed by atoms with van der Waals surface area (Å²) < 4.78 is 11.6. The second-order valence-corrected chi connectivity index (χ2v) is 8.71. The molecule has 8 heteroatoms. The van der Waals surface area contributed by atoms with Gasteiger partial charge in [-0.1, -0.05) is 42.5 Å². The summed E-state index contributed by atoms with van der Waals surface area (Å²) >= 11 is 0. The Bertz CT molecular complexity index is 1470. The van der Waals surface area contributed by atoms with Gasteiger partial charge in [-0.05, 0) is 47.0 Å². The molecule has 1 aliphatic rings. The SMILES string of the molecule is COc1cc(C2/C(=C(\O)c3ccncc3)C(=O)C(=O)N2Cc2cccnc2)ccc1OCc1ccccc1. The number of likely N-dealkylation sites (tertiary alicyclic amines) is 1. The number of carbonyl (C=O) groups is 2. The number of aliphatic hydroxyl groups is 1. The van der Waals surface area contributed by atoms with Crippen molar-refractivity contribution in [3.8, 4) is 11.5 Å². The van der Waals surface area contributed by atoms with Crippen molar-refractivity contribution < 1.29 is 24.2 Å². The van der Waals surface area contributed by atoms with E-state index in [-0.39, 0.29) is 17.9 Å². The highest BCUT2D eigenvalue weighted by Gasteiger charge is 2.46. The zero-order valence-corrected chi connectivity index (χ0v) is 20.7. The summed E-state index contributed by atoms with van der Waals surface area (Å²) in [5.74, 6) is -0.796. The first-order valence-corrected chi connectivity index (χ1v) is 12.0. The molecule has 4 aromatic rings. The van der Waals surface area contributed by atoms with Gasteiger partial charge in [0.15, 0.2) is 11.5 Å². The molecule has 3 heterocycles. The molecule has 0 radical (unpaired) electrons. The molecule has 1 atom stereocenters. The van der Waals surface area contributed by atoms with Crippen LogP contribution in [0.3, 0.4) is 0 Å². The molecule has 1 amide bonds. The first-order valence-electron chi connectivity index (χ1n) is 12.0. The monoisotopic (exact) mass is 507 g/mol. The number of rotatable bonds is 8. The molecule has 5 rings (SSSR count). The molecule has 1 saturated heterocycles. The lowest BCUT2D eigenvalue weighted by molar-refractivity contribution is -0.140. The normalized spacial score (nSPS) is 16.4. The first-order chi connectivity index (χ1) is 18.6. The van der Waals surface area contributed by atoms with E-state index in [9.17, 15) is 14.7 Å². The van der Waals surface area contributed by atoms with Crippen molar-refractivity contribution in [2.24, 2.45) is 0 Å². The van der Waals surface area contributed by atoms with Crippen molar-refractivity contribution >= 4 is 17.4 Å². The lowest BCUT2D eigenvalue weighted by atomic mass is 9.95. The fourth-order valence-corrected chi connectivity index (χ4v) is 4.45. The summed E-state index contributed by atoms with van der Waals surface area (Å²) in [6, 6.07) is 20.9. The average Bonchev–Trinajstić information content (AvgIpc) is 3.22. The average molecular weight is 508 g/mol. The number of pyridine rings is 2. The minimum absolute atomic E-state index is 0.00917. The van der Waals surface area contributed by atoms with Crippen molar-refractivity contribution in [3.63, 3.8) is 0 Å². The summed E-state index contributed by atoms with van der Waals surface area (Å²) in [6.07, 6.45) is 6.30. The van der Waals surface area contributed by atoms with Crippen LogP contribution in [0.1, 0.15) is 28.3 Å². The number of ketones is 1. The Morgan fingerprint density at radius 3 is 2.37 bits per heavy atom. The Balaban J connectivity index is 1.56. The van der Waals surface area contributed by atoms with Crippen LogP contribution in [0.25, 0.3) is 5.76 Å². The highest BCUT2D eigenvalue weighted by Crippen LogP contribution is 2.42. The number of hydrogen-bond acceptors (Lipinski definition) is 7. The molecule has 2 aromatic carbocycles. The van der Waals surface area contributed by atoms with Crippen LogP contribution in [0.4, 0.5) is 0 Å². The number of ether oxygens (including phenoxy) is 2. The van der Waals surface area contributed by atoms with E-state index in [2.05, 4.69) is 9.97 Å². The van der Waals surface area contributed by atoms with Crippen molar-refractivity contribution in [1.82, 2.24) is 14.9 Å². The molecule has 38 heavy (non-hydrogen) atoms. The molecule has 1 N–H and O–H groups in total. The molecule has 0 bridgehead atoms. The highest BCUT2D eigenvalue weighted by atomic mass is 16.5. The van der Waals surface area contributed by atoms with Crippen LogP contribution in [-0.4, -0.2) is 38.8 Å². The number of benzene rings is 2. The van der Waals surface area contributed by atoms with Gasteiger partial charge < -0.3 is 19.5 Å². The second-order valence-electron chi connectivity index (χ2n) is 8.71. The Labute approximate surface area is 219 Å². The molecular weight excluding hydrogens is 482 g/mol. The van der Waals surface area contributed by atoms with E-state index >= 15 is 0 Å². The maximum absolute atomic E-state index is 13.3. The Morgan fingerprint density at radius 1 is 0.895 bits per heavy atom. The van der Waals surface area contributed by atoms with E-state index < -0.39 is 17.7 Å². The van der Waals surface area contributed by atoms with Crippen molar-refractivity contribution in [2.45, 2.75) is 19.2 Å². The smallest absolute Gasteiger partial charge is 0.295 e. The fourth-order valence-electron chi connectivity index (χ4n) is 4.45. The van der Waals surface area contributed by atoms with Gasteiger partial charge in [0.1, 0.15) is 12.4 Å². The van der Waals surface area contributed by atoms with Crippen LogP contribution in [-0.2, 0) is 22.7 Å². The third kappa shape index (κ3) is 4.97. The molecule has 1 aliphatic heterocycles. The summed E-state index contributed by atoms with van der Waals surface area (Å²) in [5, 5.41) is 11.2.